The van der Waals surface area contributed by atoms with Gasteiger partial charge in [-0.15, -0.1) is 0 Å². The first kappa shape index (κ1) is 18.4. The molecule has 1 unspecified atom stereocenters. The summed E-state index contributed by atoms with van der Waals surface area (Å²) in [5, 5.41) is 0. The van der Waals surface area contributed by atoms with Crippen molar-refractivity contribution < 1.29 is 23.8 Å². The molecule has 2 heterocycles. The number of benzene rings is 1. The van der Waals surface area contributed by atoms with E-state index < -0.39 is 0 Å². The Bertz CT molecular complexity index is 685. The molecule has 0 bridgehead atoms. The van der Waals surface area contributed by atoms with Gasteiger partial charge < -0.3 is 24.0 Å². The van der Waals surface area contributed by atoms with Gasteiger partial charge in [-0.3, -0.25) is 9.59 Å². The molecule has 0 saturated carbocycles. The maximum atomic E-state index is 13.0. The first-order valence-corrected chi connectivity index (χ1v) is 8.97. The van der Waals surface area contributed by atoms with Crippen molar-refractivity contribution in [1.29, 1.82) is 0 Å². The summed E-state index contributed by atoms with van der Waals surface area (Å²) in [5.74, 6) is 1.33. The normalized spacial score (nSPS) is 19.6. The molecule has 0 aromatic heterocycles. The highest BCUT2D eigenvalue weighted by Gasteiger charge is 2.35. The number of likely N-dealkylation sites (tertiary alicyclic amines) is 2. The number of rotatable bonds is 5. The van der Waals surface area contributed by atoms with E-state index >= 15 is 0 Å². The fourth-order valence-corrected chi connectivity index (χ4v) is 3.71. The Hall–Kier alpha value is -2.44. The lowest BCUT2D eigenvalue weighted by Gasteiger charge is -2.21. The van der Waals surface area contributed by atoms with Crippen molar-refractivity contribution in [3.63, 3.8) is 0 Å². The summed E-state index contributed by atoms with van der Waals surface area (Å²) < 4.78 is 15.9. The van der Waals surface area contributed by atoms with Gasteiger partial charge in [-0.25, -0.2) is 0 Å². The molecule has 0 radical (unpaired) electrons. The van der Waals surface area contributed by atoms with Gasteiger partial charge in [0.1, 0.15) is 5.75 Å². The van der Waals surface area contributed by atoms with Gasteiger partial charge in [0.05, 0.1) is 32.8 Å². The minimum atomic E-state index is -0.153. The minimum Gasteiger partial charge on any atom is -0.496 e. The second-order valence-corrected chi connectivity index (χ2v) is 6.68. The van der Waals surface area contributed by atoms with E-state index in [2.05, 4.69) is 0 Å². The van der Waals surface area contributed by atoms with Crippen molar-refractivity contribution in [1.82, 2.24) is 9.80 Å². The van der Waals surface area contributed by atoms with Crippen LogP contribution in [-0.4, -0.2) is 69.1 Å². The average molecular weight is 362 g/mol. The Balaban J connectivity index is 1.76. The number of carbonyl (C=O) groups is 2. The molecule has 0 N–H and O–H groups in total. The van der Waals surface area contributed by atoms with Crippen molar-refractivity contribution in [2.24, 2.45) is 5.92 Å². The molecule has 7 nitrogen and oxygen atoms in total. The highest BCUT2D eigenvalue weighted by atomic mass is 16.5. The van der Waals surface area contributed by atoms with Crippen LogP contribution in [0, 0.1) is 5.92 Å². The van der Waals surface area contributed by atoms with E-state index in [1.54, 1.807) is 17.0 Å². The predicted molar refractivity (Wildman–Crippen MR) is 95.9 cm³/mol. The van der Waals surface area contributed by atoms with Crippen molar-refractivity contribution in [2.45, 2.75) is 19.3 Å². The van der Waals surface area contributed by atoms with E-state index in [0.717, 1.165) is 25.9 Å². The van der Waals surface area contributed by atoms with Gasteiger partial charge in [0, 0.05) is 38.3 Å². The molecule has 2 aliphatic rings. The maximum Gasteiger partial charge on any atom is 0.257 e. The summed E-state index contributed by atoms with van der Waals surface area (Å²) in [5.41, 5.74) is 0.416. The van der Waals surface area contributed by atoms with E-state index in [1.165, 1.54) is 21.3 Å². The predicted octanol–water partition coefficient (Wildman–Crippen LogP) is 1.80. The zero-order chi connectivity index (χ0) is 18.7. The zero-order valence-electron chi connectivity index (χ0n) is 15.6. The highest BCUT2D eigenvalue weighted by molar-refractivity contribution is 5.98. The average Bonchev–Trinajstić information content (AvgIpc) is 3.37. The number of hydrogen-bond acceptors (Lipinski definition) is 5. The van der Waals surface area contributed by atoms with Crippen LogP contribution in [0.25, 0.3) is 0 Å². The van der Waals surface area contributed by atoms with Crippen LogP contribution in [0.3, 0.4) is 0 Å². The first-order chi connectivity index (χ1) is 12.6. The lowest BCUT2D eigenvalue weighted by Crippen LogP contribution is -2.36. The second-order valence-electron chi connectivity index (χ2n) is 6.68. The summed E-state index contributed by atoms with van der Waals surface area (Å²) in [6.45, 7) is 2.70. The SMILES string of the molecule is COc1cc(OC)c(C(=O)N2CCC(C(=O)N3CCCC3)C2)cc1OC. The van der Waals surface area contributed by atoms with Gasteiger partial charge in [-0.1, -0.05) is 0 Å². The highest BCUT2D eigenvalue weighted by Crippen LogP contribution is 2.36. The minimum absolute atomic E-state index is 0.108. The van der Waals surface area contributed by atoms with E-state index in [9.17, 15) is 9.59 Å². The molecule has 26 heavy (non-hydrogen) atoms. The van der Waals surface area contributed by atoms with Crippen LogP contribution in [0.5, 0.6) is 17.2 Å². The van der Waals surface area contributed by atoms with Crippen LogP contribution in [0.4, 0.5) is 0 Å². The smallest absolute Gasteiger partial charge is 0.257 e. The first-order valence-electron chi connectivity index (χ1n) is 8.97. The molecular formula is C19H26N2O5. The molecular weight excluding hydrogens is 336 g/mol. The Morgan fingerprint density at radius 2 is 1.50 bits per heavy atom. The van der Waals surface area contributed by atoms with Crippen LogP contribution in [0.2, 0.25) is 0 Å². The molecule has 3 rings (SSSR count). The lowest BCUT2D eigenvalue weighted by molar-refractivity contribution is -0.133. The molecule has 1 aromatic rings. The molecule has 1 atom stereocenters. The number of hydrogen-bond donors (Lipinski definition) is 0. The Kier molecular flexibility index (Phi) is 5.54. The van der Waals surface area contributed by atoms with Crippen LogP contribution in [0.1, 0.15) is 29.6 Å². The number of methoxy groups -OCH3 is 3. The molecule has 0 aliphatic carbocycles. The number of ether oxygens (including phenoxy) is 3. The zero-order valence-corrected chi connectivity index (χ0v) is 15.6. The molecule has 2 saturated heterocycles. The lowest BCUT2D eigenvalue weighted by atomic mass is 10.1. The largest absolute Gasteiger partial charge is 0.496 e. The van der Waals surface area contributed by atoms with Crippen LogP contribution in [-0.2, 0) is 4.79 Å². The molecule has 1 aromatic carbocycles. The van der Waals surface area contributed by atoms with Gasteiger partial charge in [0.2, 0.25) is 5.91 Å². The van der Waals surface area contributed by atoms with E-state index in [4.69, 9.17) is 14.2 Å². The Morgan fingerprint density at radius 1 is 0.885 bits per heavy atom. The molecule has 2 aliphatic heterocycles. The van der Waals surface area contributed by atoms with Gasteiger partial charge >= 0.3 is 0 Å². The fourth-order valence-electron chi connectivity index (χ4n) is 3.71. The fraction of sp³-hybridized carbons (Fsp3) is 0.579. The monoisotopic (exact) mass is 362 g/mol. The third kappa shape index (κ3) is 3.43. The third-order valence-electron chi connectivity index (χ3n) is 5.18. The van der Waals surface area contributed by atoms with Crippen molar-refractivity contribution >= 4 is 11.8 Å². The van der Waals surface area contributed by atoms with Gasteiger partial charge in [0.25, 0.3) is 5.91 Å². The number of amides is 2. The number of nitrogens with zero attached hydrogens (tertiary/aromatic N) is 2. The maximum absolute atomic E-state index is 13.0. The van der Waals surface area contributed by atoms with Gasteiger partial charge in [-0.05, 0) is 19.3 Å². The summed E-state index contributed by atoms with van der Waals surface area (Å²) in [6, 6.07) is 3.28. The summed E-state index contributed by atoms with van der Waals surface area (Å²) in [7, 11) is 4.58. The summed E-state index contributed by atoms with van der Waals surface area (Å²) in [4.78, 5) is 29.2. The molecule has 142 valence electrons. The standard InChI is InChI=1S/C19H26N2O5/c1-24-15-11-17(26-3)16(25-2)10-14(15)19(23)21-9-6-13(12-21)18(22)20-7-4-5-8-20/h10-11,13H,4-9,12H2,1-3H3. The quantitative estimate of drug-likeness (QED) is 0.799. The van der Waals surface area contributed by atoms with Crippen LogP contribution < -0.4 is 14.2 Å². The van der Waals surface area contributed by atoms with Crippen LogP contribution >= 0.6 is 0 Å². The second kappa shape index (κ2) is 7.85. The topological polar surface area (TPSA) is 68.3 Å². The molecule has 0 spiro atoms. The molecule has 2 fully saturated rings. The van der Waals surface area contributed by atoms with E-state index in [-0.39, 0.29) is 17.7 Å². The third-order valence-corrected chi connectivity index (χ3v) is 5.18. The van der Waals surface area contributed by atoms with Gasteiger partial charge in [0.15, 0.2) is 11.5 Å². The van der Waals surface area contributed by atoms with Crippen molar-refractivity contribution in [3.8, 4) is 17.2 Å². The molecule has 7 heteroatoms. The Morgan fingerprint density at radius 3 is 2.12 bits per heavy atom. The van der Waals surface area contributed by atoms with E-state index in [1.807, 2.05) is 4.90 Å². The van der Waals surface area contributed by atoms with Crippen molar-refractivity contribution in [2.75, 3.05) is 47.5 Å². The van der Waals surface area contributed by atoms with Crippen LogP contribution in [0.15, 0.2) is 12.1 Å². The Labute approximate surface area is 153 Å². The van der Waals surface area contributed by atoms with Crippen molar-refractivity contribution in [3.05, 3.63) is 17.7 Å². The van der Waals surface area contributed by atoms with Gasteiger partial charge in [-0.2, -0.15) is 0 Å². The molecule has 2 amide bonds. The summed E-state index contributed by atoms with van der Waals surface area (Å²) in [6.07, 6.45) is 2.85. The number of carbonyl (C=O) groups excluding carboxylic acids is 2. The summed E-state index contributed by atoms with van der Waals surface area (Å²) >= 11 is 0. The van der Waals surface area contributed by atoms with E-state index in [0.29, 0.717) is 42.3 Å².